The molecule has 0 aliphatic heterocycles. The maximum atomic E-state index is 10.9. The number of carbonyl (C=O) groups excluding carboxylic acids is 1. The van der Waals surface area contributed by atoms with Gasteiger partial charge in [-0.3, -0.25) is 4.98 Å². The topological polar surface area (TPSA) is 48.4 Å². The van der Waals surface area contributed by atoms with Crippen molar-refractivity contribution in [2.45, 2.75) is 0 Å². The monoisotopic (exact) mass is 203 g/mol. The third kappa shape index (κ3) is 2.04. The van der Waals surface area contributed by atoms with Crippen molar-refractivity contribution in [2.24, 2.45) is 0 Å². The number of methoxy groups -OCH3 is 1. The summed E-state index contributed by atoms with van der Waals surface area (Å²) in [7, 11) is 1.27. The van der Waals surface area contributed by atoms with Crippen molar-refractivity contribution in [3.8, 4) is 5.75 Å². The summed E-state index contributed by atoms with van der Waals surface area (Å²) in [5, 5.41) is 1.96. The molecule has 0 aliphatic carbocycles. The second-order valence-corrected chi connectivity index (χ2v) is 2.94. The van der Waals surface area contributed by atoms with E-state index in [1.807, 2.05) is 12.1 Å². The van der Waals surface area contributed by atoms with Crippen molar-refractivity contribution in [1.82, 2.24) is 4.98 Å². The molecular formula is C11H9NO3. The van der Waals surface area contributed by atoms with Crippen molar-refractivity contribution in [1.29, 1.82) is 0 Å². The summed E-state index contributed by atoms with van der Waals surface area (Å²) in [6.45, 7) is 0. The largest absolute Gasteiger partial charge is 0.513 e. The van der Waals surface area contributed by atoms with Crippen molar-refractivity contribution >= 4 is 16.9 Å². The van der Waals surface area contributed by atoms with Gasteiger partial charge in [0.05, 0.1) is 7.11 Å². The maximum absolute atomic E-state index is 10.9. The van der Waals surface area contributed by atoms with Gasteiger partial charge in [-0.25, -0.2) is 4.79 Å². The highest BCUT2D eigenvalue weighted by Gasteiger charge is 2.03. The molecule has 1 aromatic carbocycles. The summed E-state index contributed by atoms with van der Waals surface area (Å²) < 4.78 is 9.28. The van der Waals surface area contributed by atoms with Crippen LogP contribution in [0.15, 0.2) is 36.7 Å². The molecular weight excluding hydrogens is 194 g/mol. The van der Waals surface area contributed by atoms with Crippen LogP contribution in [0.3, 0.4) is 0 Å². The second-order valence-electron chi connectivity index (χ2n) is 2.94. The van der Waals surface area contributed by atoms with E-state index < -0.39 is 6.16 Å². The number of pyridine rings is 1. The van der Waals surface area contributed by atoms with Crippen LogP contribution in [0.25, 0.3) is 10.8 Å². The molecule has 0 N–H and O–H groups in total. The van der Waals surface area contributed by atoms with E-state index in [4.69, 9.17) is 4.74 Å². The van der Waals surface area contributed by atoms with Gasteiger partial charge < -0.3 is 9.47 Å². The van der Waals surface area contributed by atoms with Gasteiger partial charge in [-0.1, -0.05) is 0 Å². The number of carbonyl (C=O) groups is 1. The molecule has 0 amide bonds. The van der Waals surface area contributed by atoms with Gasteiger partial charge in [-0.05, 0) is 29.7 Å². The third-order valence-corrected chi connectivity index (χ3v) is 1.98. The molecule has 0 saturated carbocycles. The van der Waals surface area contributed by atoms with E-state index in [9.17, 15) is 4.79 Å². The molecule has 15 heavy (non-hydrogen) atoms. The summed E-state index contributed by atoms with van der Waals surface area (Å²) >= 11 is 0. The Labute approximate surface area is 86.5 Å². The zero-order chi connectivity index (χ0) is 10.7. The van der Waals surface area contributed by atoms with Crippen LogP contribution in [0.2, 0.25) is 0 Å². The van der Waals surface area contributed by atoms with Crippen LogP contribution in [0.5, 0.6) is 5.75 Å². The highest BCUT2D eigenvalue weighted by molar-refractivity contribution is 5.83. The number of aromatic nitrogens is 1. The van der Waals surface area contributed by atoms with Gasteiger partial charge in [0.25, 0.3) is 0 Å². The highest BCUT2D eigenvalue weighted by atomic mass is 16.7. The summed E-state index contributed by atoms with van der Waals surface area (Å²) in [5.41, 5.74) is 0. The fourth-order valence-electron chi connectivity index (χ4n) is 1.26. The van der Waals surface area contributed by atoms with Crippen LogP contribution >= 0.6 is 0 Å². The van der Waals surface area contributed by atoms with Gasteiger partial charge in [-0.15, -0.1) is 0 Å². The minimum atomic E-state index is -0.719. The van der Waals surface area contributed by atoms with E-state index in [0.717, 1.165) is 10.8 Å². The van der Waals surface area contributed by atoms with Crippen LogP contribution in [0.1, 0.15) is 0 Å². The Kier molecular flexibility index (Phi) is 2.49. The predicted molar refractivity (Wildman–Crippen MR) is 54.8 cm³/mol. The molecule has 0 aliphatic rings. The van der Waals surface area contributed by atoms with Gasteiger partial charge in [0.15, 0.2) is 0 Å². The summed E-state index contributed by atoms with van der Waals surface area (Å²) in [6.07, 6.45) is 2.71. The molecule has 0 radical (unpaired) electrons. The van der Waals surface area contributed by atoms with Crippen LogP contribution < -0.4 is 4.74 Å². The number of nitrogens with zero attached hydrogens (tertiary/aromatic N) is 1. The molecule has 0 fully saturated rings. The Balaban J connectivity index is 2.34. The van der Waals surface area contributed by atoms with Crippen molar-refractivity contribution in [3.05, 3.63) is 36.7 Å². The summed E-state index contributed by atoms with van der Waals surface area (Å²) in [5.74, 6) is 0.459. The lowest BCUT2D eigenvalue weighted by molar-refractivity contribution is 0.121. The Morgan fingerprint density at radius 1 is 1.27 bits per heavy atom. The average molecular weight is 203 g/mol. The van der Waals surface area contributed by atoms with E-state index in [2.05, 4.69) is 9.72 Å². The first kappa shape index (κ1) is 9.45. The first-order chi connectivity index (χ1) is 7.29. The molecule has 0 spiro atoms. The van der Waals surface area contributed by atoms with E-state index in [0.29, 0.717) is 5.75 Å². The fourth-order valence-corrected chi connectivity index (χ4v) is 1.26. The predicted octanol–water partition coefficient (Wildman–Crippen LogP) is 2.38. The van der Waals surface area contributed by atoms with E-state index in [1.54, 1.807) is 24.5 Å². The number of benzene rings is 1. The highest BCUT2D eigenvalue weighted by Crippen LogP contribution is 2.19. The quantitative estimate of drug-likeness (QED) is 0.527. The van der Waals surface area contributed by atoms with Crippen molar-refractivity contribution < 1.29 is 14.3 Å². The number of hydrogen-bond donors (Lipinski definition) is 0. The smallest absolute Gasteiger partial charge is 0.437 e. The van der Waals surface area contributed by atoms with Crippen LogP contribution in [-0.4, -0.2) is 18.2 Å². The van der Waals surface area contributed by atoms with E-state index in [-0.39, 0.29) is 0 Å². The van der Waals surface area contributed by atoms with Gasteiger partial charge in [-0.2, -0.15) is 0 Å². The maximum Gasteiger partial charge on any atom is 0.513 e. The first-order valence-corrected chi connectivity index (χ1v) is 4.39. The zero-order valence-corrected chi connectivity index (χ0v) is 8.14. The van der Waals surface area contributed by atoms with Crippen LogP contribution in [0, 0.1) is 0 Å². The van der Waals surface area contributed by atoms with Crippen molar-refractivity contribution in [3.63, 3.8) is 0 Å². The van der Waals surface area contributed by atoms with Gasteiger partial charge >= 0.3 is 6.16 Å². The molecule has 0 bridgehead atoms. The molecule has 0 unspecified atom stereocenters. The molecule has 1 aromatic heterocycles. The number of ether oxygens (including phenoxy) is 2. The first-order valence-electron chi connectivity index (χ1n) is 4.39. The minimum Gasteiger partial charge on any atom is -0.437 e. The summed E-state index contributed by atoms with van der Waals surface area (Å²) in [4.78, 5) is 14.8. The molecule has 1 heterocycles. The van der Waals surface area contributed by atoms with Gasteiger partial charge in [0, 0.05) is 17.8 Å². The molecule has 0 atom stereocenters. The fraction of sp³-hybridized carbons (Fsp3) is 0.0909. The Morgan fingerprint density at radius 3 is 2.93 bits per heavy atom. The normalized spacial score (nSPS) is 9.93. The molecule has 4 heteroatoms. The lowest BCUT2D eigenvalue weighted by atomic mass is 10.2. The van der Waals surface area contributed by atoms with Crippen molar-refractivity contribution in [2.75, 3.05) is 7.11 Å². The average Bonchev–Trinajstić information content (AvgIpc) is 2.29. The molecule has 2 rings (SSSR count). The minimum absolute atomic E-state index is 0.459. The summed E-state index contributed by atoms with van der Waals surface area (Å²) in [6, 6.07) is 7.13. The van der Waals surface area contributed by atoms with E-state index in [1.165, 1.54) is 7.11 Å². The second kappa shape index (κ2) is 3.96. The Hall–Kier alpha value is -2.10. The van der Waals surface area contributed by atoms with Crippen LogP contribution in [0.4, 0.5) is 4.79 Å². The number of hydrogen-bond acceptors (Lipinski definition) is 4. The zero-order valence-electron chi connectivity index (χ0n) is 8.14. The molecule has 76 valence electrons. The van der Waals surface area contributed by atoms with E-state index >= 15 is 0 Å². The Bertz CT molecular complexity index is 496. The van der Waals surface area contributed by atoms with Crippen LogP contribution in [-0.2, 0) is 4.74 Å². The Morgan fingerprint density at radius 2 is 2.13 bits per heavy atom. The molecule has 0 saturated heterocycles. The standard InChI is InChI=1S/C11H9NO3/c1-14-11(13)15-10-3-2-9-7-12-5-4-8(9)6-10/h2-7H,1H3. The molecule has 2 aromatic rings. The lowest BCUT2D eigenvalue weighted by Crippen LogP contribution is -2.06. The number of fused-ring (bicyclic) bond motifs is 1. The lowest BCUT2D eigenvalue weighted by Gasteiger charge is -2.03. The van der Waals surface area contributed by atoms with Gasteiger partial charge in [0.1, 0.15) is 5.75 Å². The SMILES string of the molecule is COC(=O)Oc1ccc2cnccc2c1. The third-order valence-electron chi connectivity index (χ3n) is 1.98. The number of rotatable bonds is 1. The van der Waals surface area contributed by atoms with Gasteiger partial charge in [0.2, 0.25) is 0 Å². The molecule has 4 nitrogen and oxygen atoms in total.